The van der Waals surface area contributed by atoms with E-state index in [9.17, 15) is 9.59 Å². The summed E-state index contributed by atoms with van der Waals surface area (Å²) in [5, 5.41) is 0. The minimum Gasteiger partial charge on any atom is -0.371 e. The van der Waals surface area contributed by atoms with Gasteiger partial charge in [0.15, 0.2) is 11.6 Å². The highest BCUT2D eigenvalue weighted by Crippen LogP contribution is 2.38. The molecule has 3 nitrogen and oxygen atoms in total. The Hall–Kier alpha value is -2.42. The van der Waals surface area contributed by atoms with E-state index in [1.54, 1.807) is 12.1 Å². The van der Waals surface area contributed by atoms with Crippen LogP contribution >= 0.6 is 0 Å². The lowest BCUT2D eigenvalue weighted by atomic mass is 9.79. The molecule has 1 heterocycles. The molecule has 0 spiro atoms. The molecule has 0 N–H and O–H groups in total. The third-order valence-electron chi connectivity index (χ3n) is 5.37. The first-order chi connectivity index (χ1) is 11.6. The van der Waals surface area contributed by atoms with E-state index in [0.29, 0.717) is 22.3 Å². The molecule has 0 saturated carbocycles. The second-order valence-corrected chi connectivity index (χ2v) is 6.68. The lowest BCUT2D eigenvalue weighted by Gasteiger charge is -2.28. The van der Waals surface area contributed by atoms with Crippen LogP contribution in [-0.2, 0) is 6.42 Å². The van der Waals surface area contributed by atoms with E-state index in [2.05, 4.69) is 17.9 Å². The molecule has 24 heavy (non-hydrogen) atoms. The predicted molar refractivity (Wildman–Crippen MR) is 95.3 cm³/mol. The molecule has 0 unspecified atom stereocenters. The monoisotopic (exact) mass is 319 g/mol. The van der Waals surface area contributed by atoms with Crippen LogP contribution in [0.2, 0.25) is 0 Å². The van der Waals surface area contributed by atoms with Crippen LogP contribution in [0.15, 0.2) is 30.3 Å². The third-order valence-corrected chi connectivity index (χ3v) is 5.37. The molecule has 3 heteroatoms. The summed E-state index contributed by atoms with van der Waals surface area (Å²) < 4.78 is 0. The normalized spacial score (nSPS) is 16.3. The molecular formula is C21H21NO2. The van der Waals surface area contributed by atoms with Crippen molar-refractivity contribution in [2.24, 2.45) is 0 Å². The second-order valence-electron chi connectivity index (χ2n) is 6.68. The van der Waals surface area contributed by atoms with E-state index in [0.717, 1.165) is 49.2 Å². The highest BCUT2D eigenvalue weighted by atomic mass is 16.1. The minimum absolute atomic E-state index is 0.00607. The molecule has 2 aliphatic rings. The van der Waals surface area contributed by atoms with E-state index in [1.807, 2.05) is 19.1 Å². The van der Waals surface area contributed by atoms with Gasteiger partial charge in [-0.1, -0.05) is 31.2 Å². The van der Waals surface area contributed by atoms with Gasteiger partial charge >= 0.3 is 0 Å². The molecular weight excluding hydrogens is 298 g/mol. The number of hydrogen-bond acceptors (Lipinski definition) is 3. The number of benzene rings is 2. The molecule has 0 amide bonds. The molecule has 2 aromatic rings. The van der Waals surface area contributed by atoms with E-state index in [1.165, 1.54) is 0 Å². The van der Waals surface area contributed by atoms with Crippen molar-refractivity contribution in [2.75, 3.05) is 18.0 Å². The Morgan fingerprint density at radius 1 is 0.958 bits per heavy atom. The lowest BCUT2D eigenvalue weighted by Crippen LogP contribution is -2.28. The fourth-order valence-corrected chi connectivity index (χ4v) is 4.06. The van der Waals surface area contributed by atoms with Crippen LogP contribution in [0.25, 0.3) is 0 Å². The molecule has 1 aliphatic carbocycles. The Kier molecular flexibility index (Phi) is 3.52. The fraction of sp³-hybridized carbons (Fsp3) is 0.333. The van der Waals surface area contributed by atoms with Crippen LogP contribution in [0.3, 0.4) is 0 Å². The van der Waals surface area contributed by atoms with Crippen molar-refractivity contribution < 1.29 is 9.59 Å². The highest BCUT2D eigenvalue weighted by Gasteiger charge is 2.35. The van der Waals surface area contributed by atoms with Crippen LogP contribution < -0.4 is 4.90 Å². The smallest absolute Gasteiger partial charge is 0.196 e. The van der Waals surface area contributed by atoms with Gasteiger partial charge in [0.05, 0.1) is 5.56 Å². The highest BCUT2D eigenvalue weighted by molar-refractivity contribution is 6.30. The maximum atomic E-state index is 13.2. The summed E-state index contributed by atoms with van der Waals surface area (Å²) in [5.41, 5.74) is 5.41. The minimum atomic E-state index is -0.00662. The number of anilines is 1. The van der Waals surface area contributed by atoms with Crippen LogP contribution in [0, 0.1) is 6.92 Å². The van der Waals surface area contributed by atoms with Gasteiger partial charge in [0, 0.05) is 35.5 Å². The molecule has 2 aromatic carbocycles. The molecule has 0 atom stereocenters. The predicted octanol–water partition coefficient (Wildman–Crippen LogP) is 3.93. The van der Waals surface area contributed by atoms with E-state index >= 15 is 0 Å². The fourth-order valence-electron chi connectivity index (χ4n) is 4.06. The first kappa shape index (κ1) is 15.1. The van der Waals surface area contributed by atoms with Gasteiger partial charge < -0.3 is 4.90 Å². The number of rotatable bonds is 2. The molecule has 1 fully saturated rings. The van der Waals surface area contributed by atoms with Crippen LogP contribution in [-0.4, -0.2) is 24.7 Å². The molecule has 0 radical (unpaired) electrons. The molecule has 1 saturated heterocycles. The number of carbonyl (C=O) groups is 2. The molecule has 1 aliphatic heterocycles. The van der Waals surface area contributed by atoms with Gasteiger partial charge in [0.2, 0.25) is 0 Å². The first-order valence-electron chi connectivity index (χ1n) is 8.73. The quantitative estimate of drug-likeness (QED) is 0.718. The van der Waals surface area contributed by atoms with Gasteiger partial charge in [-0.15, -0.1) is 0 Å². The third kappa shape index (κ3) is 2.04. The van der Waals surface area contributed by atoms with Gasteiger partial charge in [0.25, 0.3) is 0 Å². The number of aryl methyl sites for hydroxylation is 1. The molecule has 122 valence electrons. The van der Waals surface area contributed by atoms with Crippen molar-refractivity contribution in [2.45, 2.75) is 33.1 Å². The number of carbonyl (C=O) groups excluding carboxylic acids is 2. The molecule has 0 bridgehead atoms. The summed E-state index contributed by atoms with van der Waals surface area (Å²) in [4.78, 5) is 28.6. The van der Waals surface area contributed by atoms with Gasteiger partial charge in [-0.25, -0.2) is 0 Å². The van der Waals surface area contributed by atoms with Crippen molar-refractivity contribution in [1.29, 1.82) is 0 Å². The zero-order valence-electron chi connectivity index (χ0n) is 14.2. The lowest BCUT2D eigenvalue weighted by molar-refractivity contribution is 0.0979. The number of ketones is 2. The summed E-state index contributed by atoms with van der Waals surface area (Å²) in [6, 6.07) is 9.34. The Labute approximate surface area is 142 Å². The Morgan fingerprint density at radius 2 is 1.54 bits per heavy atom. The Morgan fingerprint density at radius 3 is 2.12 bits per heavy atom. The number of fused-ring (bicyclic) bond motifs is 2. The SMILES string of the molecule is CCc1cc(N2CCCC2)c2c(c1C)C(=O)c1ccccc1C2=O. The van der Waals surface area contributed by atoms with Gasteiger partial charge in [-0.2, -0.15) is 0 Å². The van der Waals surface area contributed by atoms with Crippen molar-refractivity contribution >= 4 is 17.3 Å². The first-order valence-corrected chi connectivity index (χ1v) is 8.73. The number of hydrogen-bond donors (Lipinski definition) is 0. The zero-order valence-corrected chi connectivity index (χ0v) is 14.2. The van der Waals surface area contributed by atoms with E-state index < -0.39 is 0 Å². The van der Waals surface area contributed by atoms with E-state index in [-0.39, 0.29) is 11.6 Å². The average Bonchev–Trinajstić information content (AvgIpc) is 3.14. The van der Waals surface area contributed by atoms with Crippen molar-refractivity contribution in [3.05, 3.63) is 63.7 Å². The maximum Gasteiger partial charge on any atom is 0.196 e. The summed E-state index contributed by atoms with van der Waals surface area (Å²) >= 11 is 0. The standard InChI is InChI=1S/C21H21NO2/c1-3-14-12-17(22-10-6-7-11-22)19-18(13(14)2)20(23)15-8-4-5-9-16(15)21(19)24/h4-5,8-9,12H,3,6-7,10-11H2,1-2H3. The van der Waals surface area contributed by atoms with Gasteiger partial charge in [0.1, 0.15) is 0 Å². The second kappa shape index (κ2) is 5.59. The zero-order chi connectivity index (χ0) is 16.8. The summed E-state index contributed by atoms with van der Waals surface area (Å²) in [6.07, 6.45) is 3.15. The largest absolute Gasteiger partial charge is 0.371 e. The summed E-state index contributed by atoms with van der Waals surface area (Å²) in [6.45, 7) is 6.00. The Balaban J connectivity index is 2.03. The molecule has 4 rings (SSSR count). The summed E-state index contributed by atoms with van der Waals surface area (Å²) in [5.74, 6) is -0.0127. The van der Waals surface area contributed by atoms with Crippen LogP contribution in [0.4, 0.5) is 5.69 Å². The maximum absolute atomic E-state index is 13.2. The summed E-state index contributed by atoms with van der Waals surface area (Å²) in [7, 11) is 0. The van der Waals surface area contributed by atoms with Crippen molar-refractivity contribution in [3.63, 3.8) is 0 Å². The van der Waals surface area contributed by atoms with Gasteiger partial charge in [-0.05, 0) is 43.4 Å². The van der Waals surface area contributed by atoms with Crippen LogP contribution in [0.5, 0.6) is 0 Å². The molecule has 0 aromatic heterocycles. The van der Waals surface area contributed by atoms with Crippen LogP contribution in [0.1, 0.15) is 62.7 Å². The Bertz CT molecular complexity index is 860. The van der Waals surface area contributed by atoms with Crippen molar-refractivity contribution in [1.82, 2.24) is 0 Å². The average molecular weight is 319 g/mol. The van der Waals surface area contributed by atoms with Crippen molar-refractivity contribution in [3.8, 4) is 0 Å². The van der Waals surface area contributed by atoms with Gasteiger partial charge in [-0.3, -0.25) is 9.59 Å². The topological polar surface area (TPSA) is 37.4 Å². The van der Waals surface area contributed by atoms with E-state index in [4.69, 9.17) is 0 Å². The number of nitrogens with zero attached hydrogens (tertiary/aromatic N) is 1.